The molecule has 1 aromatic carbocycles. The number of hydrogen-bond donors (Lipinski definition) is 1. The molecule has 0 aliphatic carbocycles. The van der Waals surface area contributed by atoms with Crippen molar-refractivity contribution in [3.63, 3.8) is 0 Å². The minimum atomic E-state index is -0.0786. The highest BCUT2D eigenvalue weighted by atomic mass is 16.5. The van der Waals surface area contributed by atoms with Crippen LogP contribution in [0.1, 0.15) is 24.8 Å². The van der Waals surface area contributed by atoms with E-state index in [1.165, 1.54) is 0 Å². The van der Waals surface area contributed by atoms with Gasteiger partial charge in [-0.15, -0.1) is 0 Å². The van der Waals surface area contributed by atoms with E-state index < -0.39 is 0 Å². The van der Waals surface area contributed by atoms with Crippen molar-refractivity contribution in [3.8, 4) is 17.6 Å². The molecule has 0 saturated heterocycles. The van der Waals surface area contributed by atoms with Crippen molar-refractivity contribution in [3.05, 3.63) is 23.8 Å². The minimum Gasteiger partial charge on any atom is -0.493 e. The molecule has 1 aromatic rings. The first kappa shape index (κ1) is 13.3. The molecule has 4 heteroatoms. The number of methoxy groups -OCH3 is 1. The highest BCUT2D eigenvalue weighted by Gasteiger charge is 2.09. The number of aliphatic hydroxyl groups is 1. The van der Waals surface area contributed by atoms with Gasteiger partial charge in [-0.2, -0.15) is 5.26 Å². The van der Waals surface area contributed by atoms with E-state index in [0.717, 1.165) is 12.8 Å². The molecular weight excluding hydrogens is 218 g/mol. The van der Waals surface area contributed by atoms with E-state index in [1.807, 2.05) is 6.07 Å². The first-order valence-electron chi connectivity index (χ1n) is 5.60. The van der Waals surface area contributed by atoms with Gasteiger partial charge in [0.25, 0.3) is 0 Å². The van der Waals surface area contributed by atoms with Crippen molar-refractivity contribution in [1.29, 1.82) is 5.26 Å². The minimum absolute atomic E-state index is 0.0786. The van der Waals surface area contributed by atoms with Crippen molar-refractivity contribution in [1.82, 2.24) is 0 Å². The van der Waals surface area contributed by atoms with Crippen molar-refractivity contribution < 1.29 is 14.6 Å². The maximum absolute atomic E-state index is 9.20. The topological polar surface area (TPSA) is 62.5 Å². The molecule has 0 aliphatic heterocycles. The molecule has 0 heterocycles. The van der Waals surface area contributed by atoms with Gasteiger partial charge in [-0.05, 0) is 18.9 Å². The summed E-state index contributed by atoms with van der Waals surface area (Å²) in [5.41, 5.74) is 0.713. The largest absolute Gasteiger partial charge is 0.493 e. The fraction of sp³-hybridized carbons (Fsp3) is 0.462. The number of nitriles is 1. The Labute approximate surface area is 101 Å². The zero-order valence-corrected chi connectivity index (χ0v) is 9.98. The van der Waals surface area contributed by atoms with E-state index in [0.29, 0.717) is 30.1 Å². The average molecular weight is 235 g/mol. The number of benzene rings is 1. The first-order chi connectivity index (χ1) is 8.33. The predicted molar refractivity (Wildman–Crippen MR) is 63.9 cm³/mol. The molecule has 4 nitrogen and oxygen atoms in total. The number of rotatable bonds is 7. The highest BCUT2D eigenvalue weighted by molar-refractivity contribution is 5.46. The van der Waals surface area contributed by atoms with Gasteiger partial charge >= 0.3 is 0 Å². The number of ether oxygens (including phenoxy) is 2. The Kier molecular flexibility index (Phi) is 5.91. The molecule has 0 amide bonds. The first-order valence-corrected chi connectivity index (χ1v) is 5.60. The van der Waals surface area contributed by atoms with Gasteiger partial charge in [-0.1, -0.05) is 12.1 Å². The molecule has 0 fully saturated rings. The van der Waals surface area contributed by atoms with Gasteiger partial charge in [0.2, 0.25) is 0 Å². The van der Waals surface area contributed by atoms with E-state index in [-0.39, 0.29) is 6.61 Å². The highest BCUT2D eigenvalue weighted by Crippen LogP contribution is 2.31. The van der Waals surface area contributed by atoms with Gasteiger partial charge in [-0.25, -0.2) is 0 Å². The Morgan fingerprint density at radius 1 is 1.35 bits per heavy atom. The normalized spacial score (nSPS) is 9.71. The van der Waals surface area contributed by atoms with E-state index in [2.05, 4.69) is 6.07 Å². The summed E-state index contributed by atoms with van der Waals surface area (Å²) in [6, 6.07) is 7.50. The van der Waals surface area contributed by atoms with Crippen LogP contribution in [0, 0.1) is 11.3 Å². The van der Waals surface area contributed by atoms with Crippen molar-refractivity contribution in [2.45, 2.75) is 25.9 Å². The van der Waals surface area contributed by atoms with E-state index >= 15 is 0 Å². The van der Waals surface area contributed by atoms with Gasteiger partial charge in [0, 0.05) is 12.0 Å². The number of hydrogen-bond acceptors (Lipinski definition) is 4. The molecule has 0 aromatic heterocycles. The van der Waals surface area contributed by atoms with Crippen LogP contribution in [0.15, 0.2) is 18.2 Å². The van der Waals surface area contributed by atoms with Crippen LogP contribution in [0.4, 0.5) is 0 Å². The lowest BCUT2D eigenvalue weighted by Crippen LogP contribution is -2.02. The van der Waals surface area contributed by atoms with Crippen LogP contribution in [0.3, 0.4) is 0 Å². The summed E-state index contributed by atoms with van der Waals surface area (Å²) >= 11 is 0. The molecule has 92 valence electrons. The van der Waals surface area contributed by atoms with Gasteiger partial charge in [0.1, 0.15) is 0 Å². The maximum Gasteiger partial charge on any atom is 0.166 e. The number of aliphatic hydroxyl groups excluding tert-OH is 1. The van der Waals surface area contributed by atoms with Crippen LogP contribution < -0.4 is 9.47 Å². The summed E-state index contributed by atoms with van der Waals surface area (Å²) in [7, 11) is 1.57. The Hall–Kier alpha value is -1.73. The zero-order valence-electron chi connectivity index (χ0n) is 9.98. The number of unbranched alkanes of at least 4 members (excludes halogenated alkanes) is 2. The zero-order chi connectivity index (χ0) is 12.5. The fourth-order valence-corrected chi connectivity index (χ4v) is 1.49. The van der Waals surface area contributed by atoms with Crippen LogP contribution in [0.5, 0.6) is 11.5 Å². The molecule has 0 radical (unpaired) electrons. The van der Waals surface area contributed by atoms with Gasteiger partial charge < -0.3 is 14.6 Å². The molecule has 1 N–H and O–H groups in total. The van der Waals surface area contributed by atoms with E-state index in [9.17, 15) is 5.11 Å². The lowest BCUT2D eigenvalue weighted by molar-refractivity contribution is 0.252. The quantitative estimate of drug-likeness (QED) is 0.736. The monoisotopic (exact) mass is 235 g/mol. The smallest absolute Gasteiger partial charge is 0.166 e. The van der Waals surface area contributed by atoms with Crippen LogP contribution in [0.25, 0.3) is 0 Å². The summed E-state index contributed by atoms with van der Waals surface area (Å²) < 4.78 is 10.8. The second-order valence-corrected chi connectivity index (χ2v) is 3.57. The molecule has 0 aliphatic rings. The van der Waals surface area contributed by atoms with E-state index in [4.69, 9.17) is 14.7 Å². The third-order valence-corrected chi connectivity index (χ3v) is 2.38. The van der Waals surface area contributed by atoms with Crippen LogP contribution in [-0.4, -0.2) is 18.8 Å². The number of nitrogens with zero attached hydrogens (tertiary/aromatic N) is 1. The summed E-state index contributed by atoms with van der Waals surface area (Å²) in [6.07, 6.45) is 2.18. The molecule has 0 bridgehead atoms. The Morgan fingerprint density at radius 3 is 2.82 bits per heavy atom. The molecule has 0 spiro atoms. The van der Waals surface area contributed by atoms with Crippen LogP contribution in [0.2, 0.25) is 0 Å². The fourth-order valence-electron chi connectivity index (χ4n) is 1.49. The molecule has 0 saturated carbocycles. The van der Waals surface area contributed by atoms with Crippen molar-refractivity contribution in [2.75, 3.05) is 13.7 Å². The molecule has 1 rings (SSSR count). The summed E-state index contributed by atoms with van der Waals surface area (Å²) in [4.78, 5) is 0. The Balaban J connectivity index is 2.59. The summed E-state index contributed by atoms with van der Waals surface area (Å²) in [5.74, 6) is 1.21. The van der Waals surface area contributed by atoms with Crippen molar-refractivity contribution in [2.24, 2.45) is 0 Å². The molecular formula is C13H17NO3. The average Bonchev–Trinajstić information content (AvgIpc) is 2.38. The third kappa shape index (κ3) is 3.97. The van der Waals surface area contributed by atoms with Gasteiger partial charge in [0.05, 0.1) is 26.4 Å². The van der Waals surface area contributed by atoms with Crippen LogP contribution >= 0.6 is 0 Å². The third-order valence-electron chi connectivity index (χ3n) is 2.38. The van der Waals surface area contributed by atoms with Crippen LogP contribution in [-0.2, 0) is 6.61 Å². The number of para-hydroxylation sites is 1. The van der Waals surface area contributed by atoms with E-state index in [1.54, 1.807) is 19.2 Å². The summed E-state index contributed by atoms with van der Waals surface area (Å²) in [5, 5.41) is 17.6. The second-order valence-electron chi connectivity index (χ2n) is 3.57. The second kappa shape index (κ2) is 7.53. The summed E-state index contributed by atoms with van der Waals surface area (Å²) in [6.45, 7) is 0.444. The lowest BCUT2D eigenvalue weighted by Gasteiger charge is -2.13. The lowest BCUT2D eigenvalue weighted by atomic mass is 10.2. The SMILES string of the molecule is COc1cccc(CO)c1OCCCCC#N. The Morgan fingerprint density at radius 2 is 2.18 bits per heavy atom. The van der Waals surface area contributed by atoms with Crippen molar-refractivity contribution >= 4 is 0 Å². The Bertz CT molecular complexity index is 362. The standard InChI is InChI=1S/C13H17NO3/c1-16-12-7-5-6-11(10-15)13(12)17-9-4-2-3-8-14/h5-7,15H,2-4,9-10H2,1H3. The molecule has 0 unspecified atom stereocenters. The molecule has 0 atom stereocenters. The van der Waals surface area contributed by atoms with Gasteiger partial charge in [-0.3, -0.25) is 0 Å². The molecule has 17 heavy (non-hydrogen) atoms. The predicted octanol–water partition coefficient (Wildman–Crippen LogP) is 2.26. The van der Waals surface area contributed by atoms with Gasteiger partial charge in [0.15, 0.2) is 11.5 Å². The maximum atomic E-state index is 9.20.